The van der Waals surface area contributed by atoms with Crippen LogP contribution < -0.4 is 15.8 Å². The molecule has 2 aromatic rings. The van der Waals surface area contributed by atoms with Gasteiger partial charge in [0.05, 0.1) is 13.5 Å². The van der Waals surface area contributed by atoms with Crippen LogP contribution in [0, 0.1) is 0 Å². The van der Waals surface area contributed by atoms with Crippen LogP contribution in [0.1, 0.15) is 11.1 Å². The van der Waals surface area contributed by atoms with E-state index in [1.54, 1.807) is 13.2 Å². The summed E-state index contributed by atoms with van der Waals surface area (Å²) in [6.07, 6.45) is 0.496. The molecule has 2 rings (SSSR count). The van der Waals surface area contributed by atoms with Gasteiger partial charge in [0.15, 0.2) is 0 Å². The molecule has 0 unspecified atom stereocenters. The highest BCUT2D eigenvalue weighted by Crippen LogP contribution is 2.19. The second kappa shape index (κ2) is 7.98. The van der Waals surface area contributed by atoms with Gasteiger partial charge in [0.2, 0.25) is 11.8 Å². The zero-order chi connectivity index (χ0) is 16.7. The highest BCUT2D eigenvalue weighted by Gasteiger charge is 2.20. The molecule has 5 heteroatoms. The molecule has 0 aliphatic rings. The van der Waals surface area contributed by atoms with Gasteiger partial charge in [0, 0.05) is 6.42 Å². The largest absolute Gasteiger partial charge is 0.496 e. The molecule has 2 amide bonds. The lowest BCUT2D eigenvalue weighted by molar-refractivity contribution is -0.127. The number of hydrogen-bond acceptors (Lipinski definition) is 3. The van der Waals surface area contributed by atoms with Crippen molar-refractivity contribution in [1.82, 2.24) is 5.32 Å². The van der Waals surface area contributed by atoms with Gasteiger partial charge >= 0.3 is 0 Å². The molecule has 0 fully saturated rings. The summed E-state index contributed by atoms with van der Waals surface area (Å²) in [7, 11) is 1.56. The van der Waals surface area contributed by atoms with Crippen molar-refractivity contribution < 1.29 is 14.3 Å². The maximum absolute atomic E-state index is 12.1. The molecule has 0 aliphatic heterocycles. The molecule has 2 aromatic carbocycles. The molecule has 5 nitrogen and oxygen atoms in total. The van der Waals surface area contributed by atoms with E-state index in [0.29, 0.717) is 12.2 Å². The Hall–Kier alpha value is -2.82. The molecule has 0 radical (unpaired) electrons. The zero-order valence-electron chi connectivity index (χ0n) is 13.0. The van der Waals surface area contributed by atoms with Crippen LogP contribution >= 0.6 is 0 Å². The Bertz CT molecular complexity index is 671. The molecule has 0 saturated carbocycles. The van der Waals surface area contributed by atoms with Gasteiger partial charge in [-0.2, -0.15) is 0 Å². The van der Waals surface area contributed by atoms with Crippen LogP contribution in [0.4, 0.5) is 0 Å². The molecule has 1 atom stereocenters. The first-order valence-electron chi connectivity index (χ1n) is 7.34. The lowest BCUT2D eigenvalue weighted by Gasteiger charge is -2.17. The number of para-hydroxylation sites is 1. The third-order valence-corrected chi connectivity index (χ3v) is 3.50. The van der Waals surface area contributed by atoms with Gasteiger partial charge in [-0.25, -0.2) is 0 Å². The maximum atomic E-state index is 12.1. The lowest BCUT2D eigenvalue weighted by atomic mass is 10.0. The predicted octanol–water partition coefficient (Wildman–Crippen LogP) is 1.45. The molecule has 0 spiro atoms. The minimum atomic E-state index is -0.775. The Kier molecular flexibility index (Phi) is 5.74. The summed E-state index contributed by atoms with van der Waals surface area (Å²) in [6, 6.07) is 15.9. The SMILES string of the molecule is COc1ccccc1C[C@@H](NC(=O)Cc1ccccc1)C(N)=O. The summed E-state index contributed by atoms with van der Waals surface area (Å²) in [5.41, 5.74) is 7.12. The van der Waals surface area contributed by atoms with Crippen LogP contribution in [0.2, 0.25) is 0 Å². The smallest absolute Gasteiger partial charge is 0.240 e. The Morgan fingerprint density at radius 3 is 2.39 bits per heavy atom. The molecule has 120 valence electrons. The topological polar surface area (TPSA) is 81.4 Å². The van der Waals surface area contributed by atoms with Crippen LogP contribution in [0.5, 0.6) is 5.75 Å². The second-order valence-electron chi connectivity index (χ2n) is 5.20. The predicted molar refractivity (Wildman–Crippen MR) is 88.0 cm³/mol. The zero-order valence-corrected chi connectivity index (χ0v) is 13.0. The summed E-state index contributed by atoms with van der Waals surface area (Å²) in [6.45, 7) is 0. The van der Waals surface area contributed by atoms with E-state index in [1.165, 1.54) is 0 Å². The van der Waals surface area contributed by atoms with E-state index in [9.17, 15) is 9.59 Å². The standard InChI is InChI=1S/C18H20N2O3/c1-23-16-10-6-5-9-14(16)12-15(18(19)22)20-17(21)11-13-7-3-2-4-8-13/h2-10,15H,11-12H2,1H3,(H2,19,22)(H,20,21)/t15-/m1/s1. The van der Waals surface area contributed by atoms with E-state index in [-0.39, 0.29) is 12.3 Å². The highest BCUT2D eigenvalue weighted by molar-refractivity contribution is 5.87. The van der Waals surface area contributed by atoms with E-state index in [2.05, 4.69) is 5.32 Å². The Labute approximate surface area is 135 Å². The number of methoxy groups -OCH3 is 1. The second-order valence-corrected chi connectivity index (χ2v) is 5.20. The van der Waals surface area contributed by atoms with Crippen molar-refractivity contribution in [2.45, 2.75) is 18.9 Å². The minimum Gasteiger partial charge on any atom is -0.496 e. The van der Waals surface area contributed by atoms with E-state index < -0.39 is 11.9 Å². The van der Waals surface area contributed by atoms with Gasteiger partial charge < -0.3 is 15.8 Å². The van der Waals surface area contributed by atoms with Crippen molar-refractivity contribution in [3.05, 3.63) is 65.7 Å². The van der Waals surface area contributed by atoms with Crippen molar-refractivity contribution >= 4 is 11.8 Å². The Morgan fingerprint density at radius 2 is 1.74 bits per heavy atom. The molecular formula is C18H20N2O3. The molecule has 0 aromatic heterocycles. The first kappa shape index (κ1) is 16.5. The number of nitrogens with two attached hydrogens (primary N) is 1. The van der Waals surface area contributed by atoms with Crippen molar-refractivity contribution in [2.75, 3.05) is 7.11 Å². The first-order chi connectivity index (χ1) is 11.1. The number of carbonyl (C=O) groups excluding carboxylic acids is 2. The number of hydrogen-bond donors (Lipinski definition) is 2. The maximum Gasteiger partial charge on any atom is 0.240 e. The van der Waals surface area contributed by atoms with Gasteiger partial charge in [-0.1, -0.05) is 48.5 Å². The Morgan fingerprint density at radius 1 is 1.09 bits per heavy atom. The third kappa shape index (κ3) is 4.85. The van der Waals surface area contributed by atoms with Crippen LogP contribution in [-0.4, -0.2) is 25.0 Å². The summed E-state index contributed by atoms with van der Waals surface area (Å²) in [5, 5.41) is 2.70. The van der Waals surface area contributed by atoms with Crippen LogP contribution in [-0.2, 0) is 22.4 Å². The fourth-order valence-electron chi connectivity index (χ4n) is 2.34. The average molecular weight is 312 g/mol. The number of nitrogens with one attached hydrogen (secondary N) is 1. The van der Waals surface area contributed by atoms with Gasteiger partial charge in [0.1, 0.15) is 11.8 Å². The summed E-state index contributed by atoms with van der Waals surface area (Å²) in [4.78, 5) is 23.8. The number of rotatable bonds is 7. The van der Waals surface area contributed by atoms with E-state index >= 15 is 0 Å². The molecule has 0 bridgehead atoms. The molecule has 23 heavy (non-hydrogen) atoms. The van der Waals surface area contributed by atoms with Crippen molar-refractivity contribution in [3.63, 3.8) is 0 Å². The molecular weight excluding hydrogens is 292 g/mol. The van der Waals surface area contributed by atoms with Gasteiger partial charge in [-0.3, -0.25) is 9.59 Å². The molecule has 0 aliphatic carbocycles. The van der Waals surface area contributed by atoms with Gasteiger partial charge in [0.25, 0.3) is 0 Å². The van der Waals surface area contributed by atoms with Crippen LogP contribution in [0.15, 0.2) is 54.6 Å². The average Bonchev–Trinajstić information content (AvgIpc) is 2.55. The summed E-state index contributed by atoms with van der Waals surface area (Å²) in [5.74, 6) is -0.150. The van der Waals surface area contributed by atoms with Gasteiger partial charge in [-0.05, 0) is 17.2 Å². The fraction of sp³-hybridized carbons (Fsp3) is 0.222. The monoisotopic (exact) mass is 312 g/mol. The quantitative estimate of drug-likeness (QED) is 0.812. The third-order valence-electron chi connectivity index (χ3n) is 3.50. The van der Waals surface area contributed by atoms with E-state index in [4.69, 9.17) is 10.5 Å². The normalized spacial score (nSPS) is 11.5. The molecule has 3 N–H and O–H groups in total. The summed E-state index contributed by atoms with van der Waals surface area (Å²) < 4.78 is 5.26. The van der Waals surface area contributed by atoms with Crippen molar-refractivity contribution in [3.8, 4) is 5.75 Å². The molecule has 0 heterocycles. The number of primary amides is 1. The number of amides is 2. The number of carbonyl (C=O) groups is 2. The van der Waals surface area contributed by atoms with Crippen LogP contribution in [0.3, 0.4) is 0 Å². The fourth-order valence-corrected chi connectivity index (χ4v) is 2.34. The Balaban J connectivity index is 2.04. The number of ether oxygens (including phenoxy) is 1. The minimum absolute atomic E-state index is 0.205. The lowest BCUT2D eigenvalue weighted by Crippen LogP contribution is -2.46. The van der Waals surface area contributed by atoms with E-state index in [1.807, 2.05) is 48.5 Å². The van der Waals surface area contributed by atoms with Gasteiger partial charge in [-0.15, -0.1) is 0 Å². The number of benzene rings is 2. The van der Waals surface area contributed by atoms with Crippen molar-refractivity contribution in [2.24, 2.45) is 5.73 Å². The van der Waals surface area contributed by atoms with Crippen molar-refractivity contribution in [1.29, 1.82) is 0 Å². The molecule has 0 saturated heterocycles. The summed E-state index contributed by atoms with van der Waals surface area (Å²) >= 11 is 0. The van der Waals surface area contributed by atoms with E-state index in [0.717, 1.165) is 11.1 Å². The highest BCUT2D eigenvalue weighted by atomic mass is 16.5. The van der Waals surface area contributed by atoms with Crippen LogP contribution in [0.25, 0.3) is 0 Å². The first-order valence-corrected chi connectivity index (χ1v) is 7.34.